The van der Waals surface area contributed by atoms with E-state index in [2.05, 4.69) is 58.7 Å². The Morgan fingerprint density at radius 3 is 2.89 bits per heavy atom. The standard InChI is InChI=1S/C14H20IN3S/c1-2-3-4-5-6-7-16-11-8-12-13(15)10-18(19)14(12)17-9-11/h8-10,16,19H,2-7H2,1H3. The van der Waals surface area contributed by atoms with Crippen LogP contribution in [0.4, 0.5) is 5.69 Å². The van der Waals surface area contributed by atoms with E-state index in [1.807, 2.05) is 12.4 Å². The van der Waals surface area contributed by atoms with E-state index in [1.165, 1.54) is 35.7 Å². The Morgan fingerprint density at radius 2 is 2.11 bits per heavy atom. The summed E-state index contributed by atoms with van der Waals surface area (Å²) in [5, 5.41) is 4.61. The number of anilines is 1. The fourth-order valence-electron chi connectivity index (χ4n) is 2.11. The number of aromatic nitrogens is 2. The van der Waals surface area contributed by atoms with Gasteiger partial charge in [-0.25, -0.2) is 4.98 Å². The van der Waals surface area contributed by atoms with Crippen molar-refractivity contribution in [1.29, 1.82) is 0 Å². The largest absolute Gasteiger partial charge is 0.384 e. The zero-order chi connectivity index (χ0) is 13.7. The molecule has 0 unspecified atom stereocenters. The number of pyridine rings is 1. The Kier molecular flexibility index (Phi) is 5.81. The number of fused-ring (bicyclic) bond motifs is 1. The Hall–Kier alpha value is -0.430. The summed E-state index contributed by atoms with van der Waals surface area (Å²) in [4.78, 5) is 4.45. The zero-order valence-electron chi connectivity index (χ0n) is 11.2. The normalized spacial score (nSPS) is 11.1. The lowest BCUT2D eigenvalue weighted by molar-refractivity contribution is 0.645. The van der Waals surface area contributed by atoms with Crippen LogP contribution in [0.3, 0.4) is 0 Å². The van der Waals surface area contributed by atoms with Gasteiger partial charge >= 0.3 is 0 Å². The van der Waals surface area contributed by atoms with Gasteiger partial charge in [0.1, 0.15) is 0 Å². The van der Waals surface area contributed by atoms with Gasteiger partial charge in [0.2, 0.25) is 0 Å². The van der Waals surface area contributed by atoms with Crippen LogP contribution in [0.15, 0.2) is 18.5 Å². The van der Waals surface area contributed by atoms with Crippen LogP contribution in [0.1, 0.15) is 39.0 Å². The molecule has 0 spiro atoms. The molecule has 19 heavy (non-hydrogen) atoms. The van der Waals surface area contributed by atoms with Crippen LogP contribution in [0.25, 0.3) is 11.0 Å². The van der Waals surface area contributed by atoms with Crippen molar-refractivity contribution in [2.75, 3.05) is 11.9 Å². The van der Waals surface area contributed by atoms with E-state index in [0.717, 1.165) is 23.3 Å². The molecule has 0 bridgehead atoms. The Bertz CT molecular complexity index is 539. The van der Waals surface area contributed by atoms with Gasteiger partial charge in [-0.2, -0.15) is 0 Å². The lowest BCUT2D eigenvalue weighted by atomic mass is 10.1. The maximum atomic E-state index is 4.45. The number of hydrogen-bond acceptors (Lipinski definition) is 3. The van der Waals surface area contributed by atoms with Gasteiger partial charge in [-0.1, -0.05) is 45.4 Å². The maximum absolute atomic E-state index is 4.45. The highest BCUT2D eigenvalue weighted by molar-refractivity contribution is 14.1. The van der Waals surface area contributed by atoms with Crippen molar-refractivity contribution in [3.63, 3.8) is 0 Å². The number of thiol groups is 1. The molecule has 0 aliphatic rings. The van der Waals surface area contributed by atoms with Gasteiger partial charge in [0.15, 0.2) is 5.65 Å². The number of nitrogens with one attached hydrogen (secondary N) is 1. The first-order valence-electron chi connectivity index (χ1n) is 6.82. The van der Waals surface area contributed by atoms with Crippen molar-refractivity contribution in [3.8, 4) is 0 Å². The molecule has 1 N–H and O–H groups in total. The summed E-state index contributed by atoms with van der Waals surface area (Å²) in [5.74, 6) is 0. The second kappa shape index (κ2) is 7.38. The van der Waals surface area contributed by atoms with Crippen molar-refractivity contribution >= 4 is 52.1 Å². The summed E-state index contributed by atoms with van der Waals surface area (Å²) >= 11 is 6.67. The van der Waals surface area contributed by atoms with Crippen molar-refractivity contribution in [2.24, 2.45) is 0 Å². The monoisotopic (exact) mass is 389 g/mol. The lowest BCUT2D eigenvalue weighted by Gasteiger charge is -2.06. The molecule has 5 heteroatoms. The van der Waals surface area contributed by atoms with Crippen molar-refractivity contribution in [1.82, 2.24) is 8.96 Å². The van der Waals surface area contributed by atoms with Crippen LogP contribution in [-0.4, -0.2) is 15.5 Å². The molecule has 0 aromatic carbocycles. The van der Waals surface area contributed by atoms with E-state index >= 15 is 0 Å². The summed E-state index contributed by atoms with van der Waals surface area (Å²) in [6.07, 6.45) is 10.4. The number of halogens is 1. The number of rotatable bonds is 7. The van der Waals surface area contributed by atoms with Crippen molar-refractivity contribution < 1.29 is 0 Å². The van der Waals surface area contributed by atoms with Gasteiger partial charge in [0, 0.05) is 21.7 Å². The van der Waals surface area contributed by atoms with E-state index < -0.39 is 0 Å². The molecule has 0 atom stereocenters. The molecule has 0 amide bonds. The molecule has 0 aliphatic carbocycles. The van der Waals surface area contributed by atoms with Crippen LogP contribution < -0.4 is 5.32 Å². The van der Waals surface area contributed by atoms with Gasteiger partial charge in [-0.05, 0) is 35.1 Å². The Labute approximate surface area is 133 Å². The third-order valence-electron chi connectivity index (χ3n) is 3.19. The van der Waals surface area contributed by atoms with Crippen LogP contribution in [-0.2, 0) is 0 Å². The van der Waals surface area contributed by atoms with Crippen LogP contribution in [0.5, 0.6) is 0 Å². The third kappa shape index (κ3) is 4.02. The summed E-state index contributed by atoms with van der Waals surface area (Å²) in [6, 6.07) is 2.16. The minimum atomic E-state index is 0.918. The Balaban J connectivity index is 1.89. The van der Waals surface area contributed by atoms with Crippen LogP contribution in [0.2, 0.25) is 0 Å². The van der Waals surface area contributed by atoms with E-state index in [1.54, 1.807) is 3.97 Å². The third-order valence-corrected chi connectivity index (χ3v) is 4.35. The second-order valence-electron chi connectivity index (χ2n) is 4.76. The van der Waals surface area contributed by atoms with Crippen LogP contribution in [0, 0.1) is 3.57 Å². The fraction of sp³-hybridized carbons (Fsp3) is 0.500. The summed E-state index contributed by atoms with van der Waals surface area (Å²) in [5.41, 5.74) is 2.02. The average molecular weight is 389 g/mol. The highest BCUT2D eigenvalue weighted by Gasteiger charge is 2.06. The number of hydrogen-bond donors (Lipinski definition) is 2. The number of unbranched alkanes of at least 4 members (excludes halogenated alkanes) is 4. The van der Waals surface area contributed by atoms with Crippen LogP contribution >= 0.6 is 35.4 Å². The molecule has 0 fully saturated rings. The average Bonchev–Trinajstić information content (AvgIpc) is 2.69. The molecule has 2 aromatic rings. The molecule has 0 saturated heterocycles. The SMILES string of the molecule is CCCCCCCNc1cnc2c(c1)c(I)cn2S. The second-order valence-corrected chi connectivity index (χ2v) is 6.35. The highest BCUT2D eigenvalue weighted by atomic mass is 127. The molecule has 3 nitrogen and oxygen atoms in total. The molecule has 2 aromatic heterocycles. The summed E-state index contributed by atoms with van der Waals surface area (Å²) < 4.78 is 2.95. The van der Waals surface area contributed by atoms with Gasteiger partial charge < -0.3 is 5.32 Å². The van der Waals surface area contributed by atoms with Gasteiger partial charge in [0.25, 0.3) is 0 Å². The number of nitrogens with zero attached hydrogens (tertiary/aromatic N) is 2. The van der Waals surface area contributed by atoms with E-state index in [-0.39, 0.29) is 0 Å². The van der Waals surface area contributed by atoms with Crippen molar-refractivity contribution in [3.05, 3.63) is 22.0 Å². The topological polar surface area (TPSA) is 29.9 Å². The minimum absolute atomic E-state index is 0.918. The lowest BCUT2D eigenvalue weighted by Crippen LogP contribution is -2.01. The fourth-order valence-corrected chi connectivity index (χ4v) is 3.28. The molecule has 0 saturated carbocycles. The molecule has 2 heterocycles. The van der Waals surface area contributed by atoms with Crippen molar-refractivity contribution in [2.45, 2.75) is 39.0 Å². The molecule has 0 aliphatic heterocycles. The first-order chi connectivity index (χ1) is 9.22. The van der Waals surface area contributed by atoms with E-state index in [0.29, 0.717) is 0 Å². The van der Waals surface area contributed by atoms with E-state index in [9.17, 15) is 0 Å². The molecular formula is C14H20IN3S. The quantitative estimate of drug-likeness (QED) is 0.408. The van der Waals surface area contributed by atoms with Gasteiger partial charge in [-0.15, -0.1) is 0 Å². The Morgan fingerprint density at radius 1 is 1.32 bits per heavy atom. The smallest absolute Gasteiger partial charge is 0.150 e. The van der Waals surface area contributed by atoms with Gasteiger partial charge in [0.05, 0.1) is 11.9 Å². The first-order valence-corrected chi connectivity index (χ1v) is 8.30. The zero-order valence-corrected chi connectivity index (χ0v) is 14.2. The van der Waals surface area contributed by atoms with Gasteiger partial charge in [-0.3, -0.25) is 3.97 Å². The predicted octanol–water partition coefficient (Wildman–Crippen LogP) is 4.72. The summed E-state index contributed by atoms with van der Waals surface area (Å²) in [7, 11) is 0. The molecule has 0 radical (unpaired) electrons. The first kappa shape index (κ1) is 15.0. The molecule has 2 rings (SSSR count). The molecular weight excluding hydrogens is 369 g/mol. The highest BCUT2D eigenvalue weighted by Crippen LogP contribution is 2.24. The minimum Gasteiger partial charge on any atom is -0.384 e. The molecule has 104 valence electrons. The summed E-state index contributed by atoms with van der Waals surface area (Å²) in [6.45, 7) is 3.27. The van der Waals surface area contributed by atoms with E-state index in [4.69, 9.17) is 0 Å². The predicted molar refractivity (Wildman–Crippen MR) is 94.1 cm³/mol. The maximum Gasteiger partial charge on any atom is 0.150 e.